The highest BCUT2D eigenvalue weighted by atomic mass is 16.5. The van der Waals surface area contributed by atoms with Crippen molar-refractivity contribution in [2.24, 2.45) is 12.0 Å². The molecule has 0 radical (unpaired) electrons. The molecule has 8 nitrogen and oxygen atoms in total. The molecule has 0 aliphatic rings. The highest BCUT2D eigenvalue weighted by Crippen LogP contribution is 2.19. The maximum absolute atomic E-state index is 11.3. The first-order chi connectivity index (χ1) is 11.4. The van der Waals surface area contributed by atoms with Gasteiger partial charge in [0.2, 0.25) is 0 Å². The molecule has 136 valence electrons. The Hall–Kier alpha value is -2.09. The number of hydrogen-bond acceptors (Lipinski definition) is 5. The summed E-state index contributed by atoms with van der Waals surface area (Å²) in [6.45, 7) is 7.37. The summed E-state index contributed by atoms with van der Waals surface area (Å²) in [5, 5.41) is 20.9. The molecule has 24 heavy (non-hydrogen) atoms. The van der Waals surface area contributed by atoms with Crippen LogP contribution in [-0.2, 0) is 22.2 Å². The van der Waals surface area contributed by atoms with Crippen LogP contribution in [0.3, 0.4) is 0 Å². The third kappa shape index (κ3) is 6.99. The molecule has 1 atom stereocenters. The zero-order valence-corrected chi connectivity index (χ0v) is 15.0. The fourth-order valence-electron chi connectivity index (χ4n) is 2.04. The van der Waals surface area contributed by atoms with Gasteiger partial charge < -0.3 is 20.5 Å². The molecule has 0 amide bonds. The van der Waals surface area contributed by atoms with E-state index in [-0.39, 0.29) is 12.5 Å². The van der Waals surface area contributed by atoms with E-state index >= 15 is 0 Å². The number of rotatable bonds is 9. The molecule has 0 fully saturated rings. The monoisotopic (exact) mass is 339 g/mol. The van der Waals surface area contributed by atoms with Crippen LogP contribution < -0.4 is 10.6 Å². The molecule has 0 aliphatic carbocycles. The number of aromatic nitrogens is 2. The van der Waals surface area contributed by atoms with Gasteiger partial charge in [-0.15, -0.1) is 0 Å². The maximum Gasteiger partial charge on any atom is 0.305 e. The van der Waals surface area contributed by atoms with E-state index in [0.29, 0.717) is 44.1 Å². The van der Waals surface area contributed by atoms with E-state index in [4.69, 9.17) is 4.74 Å². The second-order valence-corrected chi connectivity index (χ2v) is 5.71. The van der Waals surface area contributed by atoms with E-state index in [9.17, 15) is 9.90 Å². The summed E-state index contributed by atoms with van der Waals surface area (Å²) >= 11 is 0. The van der Waals surface area contributed by atoms with Crippen LogP contribution >= 0.6 is 0 Å². The molecule has 0 bridgehead atoms. The Morgan fingerprint density at radius 2 is 2.21 bits per heavy atom. The molecule has 1 rings (SSSR count). The van der Waals surface area contributed by atoms with Crippen molar-refractivity contribution in [3.63, 3.8) is 0 Å². The topological polar surface area (TPSA) is 101 Å². The zero-order valence-electron chi connectivity index (χ0n) is 15.0. The minimum atomic E-state index is -1.10. The average Bonchev–Trinajstić information content (AvgIpc) is 2.97. The molecular weight excluding hydrogens is 310 g/mol. The van der Waals surface area contributed by atoms with Gasteiger partial charge in [-0.2, -0.15) is 5.10 Å². The minimum Gasteiger partial charge on any atom is -0.466 e. The Morgan fingerprint density at radius 1 is 1.46 bits per heavy atom. The van der Waals surface area contributed by atoms with Gasteiger partial charge in [-0.25, -0.2) is 4.99 Å². The fourth-order valence-corrected chi connectivity index (χ4v) is 2.04. The van der Waals surface area contributed by atoms with Crippen LogP contribution in [0, 0.1) is 0 Å². The van der Waals surface area contributed by atoms with Crippen LogP contribution in [0.2, 0.25) is 0 Å². The number of aliphatic imine (C=N–C) groups is 1. The van der Waals surface area contributed by atoms with Gasteiger partial charge >= 0.3 is 5.97 Å². The Labute approximate surface area is 143 Å². The second-order valence-electron chi connectivity index (χ2n) is 5.71. The van der Waals surface area contributed by atoms with Crippen LogP contribution in [0.4, 0.5) is 0 Å². The first-order valence-electron chi connectivity index (χ1n) is 8.28. The summed E-state index contributed by atoms with van der Waals surface area (Å²) in [5.41, 5.74) is -0.381. The van der Waals surface area contributed by atoms with E-state index < -0.39 is 5.60 Å². The molecule has 0 saturated carbocycles. The van der Waals surface area contributed by atoms with Crippen LogP contribution in [0.15, 0.2) is 17.4 Å². The number of guanidine groups is 1. The summed E-state index contributed by atoms with van der Waals surface area (Å²) in [6.07, 6.45) is 4.43. The molecule has 8 heteroatoms. The number of nitrogens with zero attached hydrogens (tertiary/aromatic N) is 3. The highest BCUT2D eigenvalue weighted by molar-refractivity contribution is 5.79. The number of carbonyl (C=O) groups excluding carboxylic acids is 1. The molecule has 1 heterocycles. The van der Waals surface area contributed by atoms with Gasteiger partial charge in [0.05, 0.1) is 19.3 Å². The summed E-state index contributed by atoms with van der Waals surface area (Å²) in [4.78, 5) is 15.7. The van der Waals surface area contributed by atoms with Gasteiger partial charge in [-0.1, -0.05) is 0 Å². The van der Waals surface area contributed by atoms with Crippen molar-refractivity contribution in [3.8, 4) is 0 Å². The molecule has 1 unspecified atom stereocenters. The number of esters is 1. The predicted octanol–water partition coefficient (Wildman–Crippen LogP) is 0.526. The van der Waals surface area contributed by atoms with Crippen molar-refractivity contribution in [3.05, 3.63) is 18.0 Å². The minimum absolute atomic E-state index is 0.194. The summed E-state index contributed by atoms with van der Waals surface area (Å²) in [6, 6.07) is 0. The zero-order chi connectivity index (χ0) is 18.0. The molecule has 0 spiro atoms. The van der Waals surface area contributed by atoms with Crippen molar-refractivity contribution in [2.45, 2.75) is 39.2 Å². The summed E-state index contributed by atoms with van der Waals surface area (Å²) in [5.74, 6) is 0.409. The van der Waals surface area contributed by atoms with E-state index in [2.05, 4.69) is 20.7 Å². The third-order valence-electron chi connectivity index (χ3n) is 3.37. The number of hydrogen-bond donors (Lipinski definition) is 3. The van der Waals surface area contributed by atoms with Crippen molar-refractivity contribution in [1.82, 2.24) is 20.4 Å². The van der Waals surface area contributed by atoms with Crippen LogP contribution in [0.1, 0.15) is 39.2 Å². The summed E-state index contributed by atoms with van der Waals surface area (Å²) < 4.78 is 6.53. The highest BCUT2D eigenvalue weighted by Gasteiger charge is 2.24. The van der Waals surface area contributed by atoms with Gasteiger partial charge in [-0.05, 0) is 27.2 Å². The van der Waals surface area contributed by atoms with Gasteiger partial charge in [-0.3, -0.25) is 9.48 Å². The quantitative estimate of drug-likeness (QED) is 0.263. The van der Waals surface area contributed by atoms with Gasteiger partial charge in [0, 0.05) is 38.3 Å². The first kappa shape index (κ1) is 20.0. The number of aliphatic hydroxyl groups is 1. The molecule has 1 aromatic rings. The van der Waals surface area contributed by atoms with E-state index in [1.807, 2.05) is 6.92 Å². The van der Waals surface area contributed by atoms with Crippen LogP contribution in [-0.4, -0.2) is 53.1 Å². The molecule has 1 aromatic heterocycles. The number of nitrogens with one attached hydrogen (secondary N) is 2. The van der Waals surface area contributed by atoms with Crippen LogP contribution in [0.5, 0.6) is 0 Å². The van der Waals surface area contributed by atoms with Crippen LogP contribution in [0.25, 0.3) is 0 Å². The molecular formula is C16H29N5O3. The number of carbonyl (C=O) groups is 1. The standard InChI is InChI=1S/C16H29N5O3/c1-5-17-15(18-9-7-8-14(22)24-6-2)19-12-16(3,23)13-10-20-21(4)11-13/h10-11,23H,5-9,12H2,1-4H3,(H2,17,18,19). The van der Waals surface area contributed by atoms with Gasteiger partial charge in [0.25, 0.3) is 0 Å². The lowest BCUT2D eigenvalue weighted by Crippen LogP contribution is -2.39. The Kier molecular flexibility index (Phi) is 8.25. The third-order valence-corrected chi connectivity index (χ3v) is 3.37. The smallest absolute Gasteiger partial charge is 0.305 e. The predicted molar refractivity (Wildman–Crippen MR) is 92.6 cm³/mol. The van der Waals surface area contributed by atoms with Gasteiger partial charge in [0.15, 0.2) is 5.96 Å². The lowest BCUT2D eigenvalue weighted by atomic mass is 10.0. The number of ether oxygens (including phenoxy) is 1. The molecule has 0 aliphatic heterocycles. The lowest BCUT2D eigenvalue weighted by Gasteiger charge is -2.20. The Bertz CT molecular complexity index is 540. The SMILES string of the molecule is CCNC(=NCC(C)(O)c1cnn(C)c1)NCCCC(=O)OCC. The molecule has 0 saturated heterocycles. The number of aryl methyl sites for hydroxylation is 1. The fraction of sp³-hybridized carbons (Fsp3) is 0.688. The molecule has 3 N–H and O–H groups in total. The Balaban J connectivity index is 2.51. The second kappa shape index (κ2) is 9.92. The summed E-state index contributed by atoms with van der Waals surface area (Å²) in [7, 11) is 1.80. The van der Waals surface area contributed by atoms with Crippen molar-refractivity contribution < 1.29 is 14.6 Å². The van der Waals surface area contributed by atoms with Crippen molar-refractivity contribution in [1.29, 1.82) is 0 Å². The van der Waals surface area contributed by atoms with Crippen molar-refractivity contribution >= 4 is 11.9 Å². The first-order valence-corrected chi connectivity index (χ1v) is 8.28. The largest absolute Gasteiger partial charge is 0.466 e. The van der Waals surface area contributed by atoms with E-state index in [1.54, 1.807) is 38.0 Å². The molecule has 0 aromatic carbocycles. The Morgan fingerprint density at radius 3 is 2.79 bits per heavy atom. The van der Waals surface area contributed by atoms with E-state index in [0.717, 1.165) is 0 Å². The lowest BCUT2D eigenvalue weighted by molar-refractivity contribution is -0.143. The maximum atomic E-state index is 11.3. The van der Waals surface area contributed by atoms with Crippen molar-refractivity contribution in [2.75, 3.05) is 26.2 Å². The van der Waals surface area contributed by atoms with E-state index in [1.165, 1.54) is 0 Å². The normalized spacial score (nSPS) is 14.1. The average molecular weight is 339 g/mol. The van der Waals surface area contributed by atoms with Gasteiger partial charge in [0.1, 0.15) is 5.60 Å².